The fourth-order valence-electron chi connectivity index (χ4n) is 4.75. The molecule has 0 saturated heterocycles. The second-order valence-corrected chi connectivity index (χ2v) is 6.52. The molecule has 0 heteroatoms. The third kappa shape index (κ3) is 1.42. The Hall–Kier alpha value is -0.520. The van der Waals surface area contributed by atoms with E-state index in [0.29, 0.717) is 0 Å². The standard InChI is InChI=1S/C16H22/c1-3-13-7-11(1)9-15(13)5-6-16-10-12-2-4-14(16)8-12/h9-14H,1-8H2. The average molecular weight is 214 g/mol. The van der Waals surface area contributed by atoms with Crippen molar-refractivity contribution >= 4 is 0 Å². The topological polar surface area (TPSA) is 0 Å². The molecule has 16 heavy (non-hydrogen) atoms. The molecule has 4 rings (SSSR count). The monoisotopic (exact) mass is 214 g/mol. The summed E-state index contributed by atoms with van der Waals surface area (Å²) in [7, 11) is 0. The zero-order valence-electron chi connectivity index (χ0n) is 10.1. The largest absolute Gasteiger partial charge is 0.0819 e. The number of allylic oxidation sites excluding steroid dienone is 4. The fraction of sp³-hybridized carbons (Fsp3) is 0.750. The van der Waals surface area contributed by atoms with Gasteiger partial charge in [0.25, 0.3) is 0 Å². The summed E-state index contributed by atoms with van der Waals surface area (Å²) in [6, 6.07) is 0. The summed E-state index contributed by atoms with van der Waals surface area (Å²) < 4.78 is 0. The molecular formula is C16H22. The van der Waals surface area contributed by atoms with Crippen LogP contribution in [0.25, 0.3) is 0 Å². The molecule has 0 N–H and O–H groups in total. The highest BCUT2D eigenvalue weighted by molar-refractivity contribution is 5.24. The van der Waals surface area contributed by atoms with E-state index in [-0.39, 0.29) is 0 Å². The smallest absolute Gasteiger partial charge is 0.0197 e. The van der Waals surface area contributed by atoms with Gasteiger partial charge in [-0.05, 0) is 75.0 Å². The van der Waals surface area contributed by atoms with Gasteiger partial charge in [-0.15, -0.1) is 0 Å². The first-order valence-corrected chi connectivity index (χ1v) is 7.29. The van der Waals surface area contributed by atoms with Gasteiger partial charge in [-0.25, -0.2) is 0 Å². The zero-order valence-corrected chi connectivity index (χ0v) is 10.1. The van der Waals surface area contributed by atoms with E-state index in [2.05, 4.69) is 12.2 Å². The molecule has 2 saturated carbocycles. The van der Waals surface area contributed by atoms with E-state index in [0.717, 1.165) is 23.7 Å². The number of fused-ring (bicyclic) bond motifs is 4. The molecule has 0 heterocycles. The Morgan fingerprint density at radius 3 is 1.56 bits per heavy atom. The van der Waals surface area contributed by atoms with Crippen LogP contribution in [0.5, 0.6) is 0 Å². The van der Waals surface area contributed by atoms with Crippen molar-refractivity contribution < 1.29 is 0 Å². The van der Waals surface area contributed by atoms with Crippen LogP contribution < -0.4 is 0 Å². The molecule has 0 spiro atoms. The van der Waals surface area contributed by atoms with Gasteiger partial charge in [0, 0.05) is 0 Å². The van der Waals surface area contributed by atoms with E-state index in [1.807, 2.05) is 11.1 Å². The van der Waals surface area contributed by atoms with E-state index in [4.69, 9.17) is 0 Å². The van der Waals surface area contributed by atoms with Crippen molar-refractivity contribution in [1.82, 2.24) is 0 Å². The lowest BCUT2D eigenvalue weighted by Gasteiger charge is -2.17. The maximum atomic E-state index is 2.63. The van der Waals surface area contributed by atoms with Crippen LogP contribution in [0.2, 0.25) is 0 Å². The second-order valence-electron chi connectivity index (χ2n) is 6.52. The van der Waals surface area contributed by atoms with Gasteiger partial charge in [0.05, 0.1) is 0 Å². The maximum Gasteiger partial charge on any atom is -0.0197 e. The van der Waals surface area contributed by atoms with E-state index in [1.54, 1.807) is 0 Å². The maximum absolute atomic E-state index is 2.63. The van der Waals surface area contributed by atoms with Gasteiger partial charge < -0.3 is 0 Å². The summed E-state index contributed by atoms with van der Waals surface area (Å²) in [6.07, 6.45) is 17.0. The molecule has 4 aliphatic rings. The van der Waals surface area contributed by atoms with Crippen molar-refractivity contribution in [1.29, 1.82) is 0 Å². The third-order valence-corrected chi connectivity index (χ3v) is 5.60. The molecule has 0 aromatic rings. The Bertz CT molecular complexity index is 324. The predicted molar refractivity (Wildman–Crippen MR) is 67.1 cm³/mol. The highest BCUT2D eigenvalue weighted by atomic mass is 14.4. The summed E-state index contributed by atoms with van der Waals surface area (Å²) in [4.78, 5) is 0. The van der Waals surface area contributed by atoms with Crippen molar-refractivity contribution in [2.75, 3.05) is 0 Å². The van der Waals surface area contributed by atoms with E-state index in [1.165, 1.54) is 51.4 Å². The molecule has 0 amide bonds. The molecule has 4 bridgehead atoms. The van der Waals surface area contributed by atoms with E-state index in [9.17, 15) is 0 Å². The van der Waals surface area contributed by atoms with Crippen molar-refractivity contribution in [3.05, 3.63) is 23.3 Å². The van der Waals surface area contributed by atoms with Crippen LogP contribution in [0.1, 0.15) is 51.4 Å². The molecule has 0 nitrogen and oxygen atoms in total. The molecule has 0 radical (unpaired) electrons. The molecule has 0 aromatic heterocycles. The minimum absolute atomic E-state index is 0.981. The lowest BCUT2D eigenvalue weighted by Crippen LogP contribution is -2.01. The summed E-state index contributed by atoms with van der Waals surface area (Å²) >= 11 is 0. The predicted octanol–water partition coefficient (Wildman–Crippen LogP) is 4.48. The molecule has 0 aliphatic heterocycles. The molecular weight excluding hydrogens is 192 g/mol. The van der Waals surface area contributed by atoms with Gasteiger partial charge in [0.1, 0.15) is 0 Å². The Balaban J connectivity index is 1.40. The minimum Gasteiger partial charge on any atom is -0.0819 e. The zero-order chi connectivity index (χ0) is 10.5. The molecule has 4 aliphatic carbocycles. The first kappa shape index (κ1) is 9.50. The van der Waals surface area contributed by atoms with Crippen molar-refractivity contribution in [3.8, 4) is 0 Å². The number of hydrogen-bond acceptors (Lipinski definition) is 0. The summed E-state index contributed by atoms with van der Waals surface area (Å²) in [5.74, 6) is 3.97. The van der Waals surface area contributed by atoms with Crippen molar-refractivity contribution in [3.63, 3.8) is 0 Å². The van der Waals surface area contributed by atoms with E-state index >= 15 is 0 Å². The Morgan fingerprint density at radius 1 is 0.750 bits per heavy atom. The van der Waals surface area contributed by atoms with Gasteiger partial charge in [-0.3, -0.25) is 0 Å². The highest BCUT2D eigenvalue weighted by Crippen LogP contribution is 2.48. The minimum atomic E-state index is 0.981. The van der Waals surface area contributed by atoms with Crippen LogP contribution in [0.4, 0.5) is 0 Å². The van der Waals surface area contributed by atoms with Gasteiger partial charge >= 0.3 is 0 Å². The Labute approximate surface area is 98.8 Å². The highest BCUT2D eigenvalue weighted by Gasteiger charge is 2.34. The summed E-state index contributed by atoms with van der Waals surface area (Å²) in [6.45, 7) is 0. The van der Waals surface area contributed by atoms with Crippen LogP contribution in [0.3, 0.4) is 0 Å². The Morgan fingerprint density at radius 2 is 1.25 bits per heavy atom. The number of rotatable bonds is 3. The molecule has 4 unspecified atom stereocenters. The average Bonchev–Trinajstić information content (AvgIpc) is 3.05. The van der Waals surface area contributed by atoms with Crippen molar-refractivity contribution in [2.45, 2.75) is 51.4 Å². The fourth-order valence-corrected chi connectivity index (χ4v) is 4.75. The lowest BCUT2D eigenvalue weighted by molar-refractivity contribution is 0.590. The molecule has 4 atom stereocenters. The van der Waals surface area contributed by atoms with Crippen LogP contribution in [-0.2, 0) is 0 Å². The van der Waals surface area contributed by atoms with E-state index < -0.39 is 0 Å². The van der Waals surface area contributed by atoms with Gasteiger partial charge in [-0.1, -0.05) is 23.3 Å². The van der Waals surface area contributed by atoms with Gasteiger partial charge in [-0.2, -0.15) is 0 Å². The van der Waals surface area contributed by atoms with Crippen LogP contribution >= 0.6 is 0 Å². The third-order valence-electron chi connectivity index (χ3n) is 5.60. The first-order valence-electron chi connectivity index (χ1n) is 7.29. The quantitative estimate of drug-likeness (QED) is 0.608. The first-order chi connectivity index (χ1) is 7.88. The SMILES string of the molecule is C1=C(CCC2=CC3CCC2C3)C2CCC1C2. The van der Waals surface area contributed by atoms with Gasteiger partial charge in [0.2, 0.25) is 0 Å². The van der Waals surface area contributed by atoms with Crippen molar-refractivity contribution in [2.24, 2.45) is 23.7 Å². The molecule has 2 fully saturated rings. The second kappa shape index (κ2) is 3.48. The summed E-state index contributed by atoms with van der Waals surface area (Å²) in [5.41, 5.74) is 3.67. The molecule has 86 valence electrons. The number of hydrogen-bond donors (Lipinski definition) is 0. The van der Waals surface area contributed by atoms with Crippen LogP contribution in [-0.4, -0.2) is 0 Å². The van der Waals surface area contributed by atoms with Crippen LogP contribution in [0.15, 0.2) is 23.3 Å². The Kier molecular flexibility index (Phi) is 2.07. The summed E-state index contributed by atoms with van der Waals surface area (Å²) in [5, 5.41) is 0. The normalized spacial score (nSPS) is 44.0. The lowest BCUT2D eigenvalue weighted by atomic mass is 9.89. The van der Waals surface area contributed by atoms with Gasteiger partial charge in [0.15, 0.2) is 0 Å². The molecule has 0 aromatic carbocycles. The van der Waals surface area contributed by atoms with Crippen LogP contribution in [0, 0.1) is 23.7 Å².